The summed E-state index contributed by atoms with van der Waals surface area (Å²) in [7, 11) is 1.85. The lowest BCUT2D eigenvalue weighted by Gasteiger charge is -2.06. The summed E-state index contributed by atoms with van der Waals surface area (Å²) in [6.07, 6.45) is 2.64. The maximum absolute atomic E-state index is 6.01. The highest BCUT2D eigenvalue weighted by molar-refractivity contribution is 7.07. The number of hydrogen-bond donors (Lipinski definition) is 1. The van der Waals surface area contributed by atoms with E-state index in [2.05, 4.69) is 15.7 Å². The smallest absolute Gasteiger partial charge is 0.0845 e. The maximum Gasteiger partial charge on any atom is 0.0845 e. The lowest BCUT2D eigenvalue weighted by Crippen LogP contribution is -2.12. The van der Waals surface area contributed by atoms with Gasteiger partial charge in [-0.25, -0.2) is 0 Å². The Hall–Kier alpha value is -1.20. The molecule has 0 aliphatic rings. The fourth-order valence-corrected chi connectivity index (χ4v) is 2.04. The van der Waals surface area contributed by atoms with E-state index in [9.17, 15) is 0 Å². The zero-order valence-electron chi connectivity index (χ0n) is 7.92. The number of thiophene rings is 1. The van der Waals surface area contributed by atoms with Crippen molar-refractivity contribution in [3.63, 3.8) is 0 Å². The van der Waals surface area contributed by atoms with Gasteiger partial charge in [0.15, 0.2) is 0 Å². The summed E-state index contributed by atoms with van der Waals surface area (Å²) in [6, 6.07) is 2.07. The van der Waals surface area contributed by atoms with Crippen molar-refractivity contribution in [1.29, 1.82) is 0 Å². The van der Waals surface area contributed by atoms with Gasteiger partial charge in [0.2, 0.25) is 0 Å². The minimum atomic E-state index is 0.0259. The molecule has 1 unspecified atom stereocenters. The molecule has 0 aliphatic heterocycles. The van der Waals surface area contributed by atoms with Gasteiger partial charge in [-0.3, -0.25) is 4.68 Å². The van der Waals surface area contributed by atoms with Gasteiger partial charge >= 0.3 is 0 Å². The topological polar surface area (TPSA) is 56.7 Å². The van der Waals surface area contributed by atoms with Crippen LogP contribution < -0.4 is 5.73 Å². The summed E-state index contributed by atoms with van der Waals surface area (Å²) in [6.45, 7) is 0. The van der Waals surface area contributed by atoms with Crippen molar-refractivity contribution in [3.8, 4) is 0 Å². The average Bonchev–Trinajstić information content (AvgIpc) is 2.75. The van der Waals surface area contributed by atoms with Crippen LogP contribution in [-0.2, 0) is 13.5 Å². The Labute approximate surface area is 86.4 Å². The third-order valence-electron chi connectivity index (χ3n) is 2.05. The number of rotatable bonds is 3. The van der Waals surface area contributed by atoms with Crippen molar-refractivity contribution in [3.05, 3.63) is 34.3 Å². The van der Waals surface area contributed by atoms with Crippen LogP contribution in [0.3, 0.4) is 0 Å². The minimum Gasteiger partial charge on any atom is -0.324 e. The summed E-state index contributed by atoms with van der Waals surface area (Å²) >= 11 is 1.66. The highest BCUT2D eigenvalue weighted by Gasteiger charge is 2.09. The molecule has 2 aromatic rings. The second kappa shape index (κ2) is 3.89. The highest BCUT2D eigenvalue weighted by Crippen LogP contribution is 2.17. The van der Waals surface area contributed by atoms with Crippen LogP contribution in [-0.4, -0.2) is 15.0 Å². The second-order valence-electron chi connectivity index (χ2n) is 3.25. The van der Waals surface area contributed by atoms with Crippen LogP contribution in [0.25, 0.3) is 0 Å². The first-order valence-electron chi connectivity index (χ1n) is 4.38. The molecule has 2 N–H and O–H groups in total. The van der Waals surface area contributed by atoms with E-state index in [0.717, 1.165) is 12.1 Å². The van der Waals surface area contributed by atoms with Gasteiger partial charge in [0.05, 0.1) is 5.69 Å². The molecular weight excluding hydrogens is 196 g/mol. The third-order valence-corrected chi connectivity index (χ3v) is 2.75. The van der Waals surface area contributed by atoms with E-state index in [0.29, 0.717) is 0 Å². The molecule has 4 nitrogen and oxygen atoms in total. The zero-order chi connectivity index (χ0) is 9.97. The summed E-state index contributed by atoms with van der Waals surface area (Å²) in [5.74, 6) is 0. The van der Waals surface area contributed by atoms with Gasteiger partial charge < -0.3 is 5.73 Å². The highest BCUT2D eigenvalue weighted by atomic mass is 32.1. The van der Waals surface area contributed by atoms with Gasteiger partial charge in [-0.15, -0.1) is 5.10 Å². The Morgan fingerprint density at radius 2 is 2.50 bits per heavy atom. The van der Waals surface area contributed by atoms with Crippen LogP contribution in [0, 0.1) is 0 Å². The largest absolute Gasteiger partial charge is 0.324 e. The Morgan fingerprint density at radius 1 is 1.64 bits per heavy atom. The van der Waals surface area contributed by atoms with Crippen molar-refractivity contribution in [2.45, 2.75) is 12.5 Å². The molecule has 74 valence electrons. The molecule has 0 radical (unpaired) electrons. The SMILES string of the molecule is Cn1cc(CC(N)c2ccsc2)nn1. The van der Waals surface area contributed by atoms with Crippen molar-refractivity contribution in [2.24, 2.45) is 12.8 Å². The molecule has 0 saturated heterocycles. The van der Waals surface area contributed by atoms with E-state index < -0.39 is 0 Å². The standard InChI is InChI=1S/C9H12N4S/c1-13-5-8(11-12-13)4-9(10)7-2-3-14-6-7/h2-3,5-6,9H,4,10H2,1H3. The molecule has 0 amide bonds. The Kier molecular flexibility index (Phi) is 2.60. The predicted octanol–water partition coefficient (Wildman–Crippen LogP) is 1.12. The molecule has 5 heteroatoms. The van der Waals surface area contributed by atoms with Crippen LogP contribution in [0.4, 0.5) is 0 Å². The molecule has 2 heterocycles. The molecule has 1 atom stereocenters. The summed E-state index contributed by atoms with van der Waals surface area (Å²) in [5.41, 5.74) is 8.11. The van der Waals surface area contributed by atoms with Crippen LogP contribution in [0.15, 0.2) is 23.0 Å². The fraction of sp³-hybridized carbons (Fsp3) is 0.333. The molecule has 0 saturated carbocycles. The van der Waals surface area contributed by atoms with E-state index in [-0.39, 0.29) is 6.04 Å². The van der Waals surface area contributed by atoms with E-state index in [4.69, 9.17) is 5.73 Å². The molecule has 0 fully saturated rings. The van der Waals surface area contributed by atoms with E-state index in [1.54, 1.807) is 16.0 Å². The first-order chi connectivity index (χ1) is 6.75. The van der Waals surface area contributed by atoms with Crippen LogP contribution in [0.5, 0.6) is 0 Å². The normalized spacial score (nSPS) is 13.0. The molecule has 2 aromatic heterocycles. The molecule has 0 aliphatic carbocycles. The predicted molar refractivity (Wildman–Crippen MR) is 56.0 cm³/mol. The van der Waals surface area contributed by atoms with Crippen molar-refractivity contribution < 1.29 is 0 Å². The molecular formula is C9H12N4S. The van der Waals surface area contributed by atoms with E-state index in [1.807, 2.05) is 24.7 Å². The average molecular weight is 208 g/mol. The van der Waals surface area contributed by atoms with Crippen molar-refractivity contribution >= 4 is 11.3 Å². The lowest BCUT2D eigenvalue weighted by atomic mass is 10.1. The molecule has 0 spiro atoms. The van der Waals surface area contributed by atoms with Gasteiger partial charge in [0.25, 0.3) is 0 Å². The van der Waals surface area contributed by atoms with Gasteiger partial charge in [0.1, 0.15) is 0 Å². The zero-order valence-corrected chi connectivity index (χ0v) is 8.74. The summed E-state index contributed by atoms with van der Waals surface area (Å²) in [5, 5.41) is 12.0. The number of aryl methyl sites for hydroxylation is 1. The van der Waals surface area contributed by atoms with Crippen molar-refractivity contribution in [2.75, 3.05) is 0 Å². The Balaban J connectivity index is 2.05. The van der Waals surface area contributed by atoms with Crippen LogP contribution >= 0.6 is 11.3 Å². The third kappa shape index (κ3) is 2.00. The quantitative estimate of drug-likeness (QED) is 0.822. The van der Waals surface area contributed by atoms with E-state index >= 15 is 0 Å². The van der Waals surface area contributed by atoms with Gasteiger partial charge in [-0.2, -0.15) is 11.3 Å². The fourth-order valence-electron chi connectivity index (χ4n) is 1.32. The number of aromatic nitrogens is 3. The number of hydrogen-bond acceptors (Lipinski definition) is 4. The minimum absolute atomic E-state index is 0.0259. The second-order valence-corrected chi connectivity index (χ2v) is 4.03. The van der Waals surface area contributed by atoms with Gasteiger partial charge in [-0.1, -0.05) is 5.21 Å². The number of nitrogens with zero attached hydrogens (tertiary/aromatic N) is 3. The van der Waals surface area contributed by atoms with Gasteiger partial charge in [-0.05, 0) is 22.4 Å². The van der Waals surface area contributed by atoms with Crippen molar-refractivity contribution in [1.82, 2.24) is 15.0 Å². The summed E-state index contributed by atoms with van der Waals surface area (Å²) in [4.78, 5) is 0. The van der Waals surface area contributed by atoms with Crippen LogP contribution in [0.1, 0.15) is 17.3 Å². The molecule has 14 heavy (non-hydrogen) atoms. The van der Waals surface area contributed by atoms with E-state index in [1.165, 1.54) is 5.56 Å². The lowest BCUT2D eigenvalue weighted by molar-refractivity contribution is 0.695. The monoisotopic (exact) mass is 208 g/mol. The first-order valence-corrected chi connectivity index (χ1v) is 5.33. The molecule has 0 aromatic carbocycles. The first kappa shape index (κ1) is 9.36. The summed E-state index contributed by atoms with van der Waals surface area (Å²) < 4.78 is 1.69. The Morgan fingerprint density at radius 3 is 3.07 bits per heavy atom. The van der Waals surface area contributed by atoms with Gasteiger partial charge in [0, 0.05) is 25.7 Å². The molecule has 2 rings (SSSR count). The maximum atomic E-state index is 6.01. The molecule has 0 bridgehead atoms. The number of nitrogens with two attached hydrogens (primary N) is 1. The Bertz CT molecular complexity index is 393. The van der Waals surface area contributed by atoms with Crippen LogP contribution in [0.2, 0.25) is 0 Å².